The van der Waals surface area contributed by atoms with E-state index in [-0.39, 0.29) is 24.0 Å². The van der Waals surface area contributed by atoms with Gasteiger partial charge in [-0.3, -0.25) is 19.3 Å². The molecule has 0 spiro atoms. The van der Waals surface area contributed by atoms with Gasteiger partial charge in [0.25, 0.3) is 11.1 Å². The summed E-state index contributed by atoms with van der Waals surface area (Å²) in [5.41, 5.74) is 0.669. The van der Waals surface area contributed by atoms with Crippen LogP contribution in [0.5, 0.6) is 11.5 Å². The number of ether oxygens (including phenoxy) is 2. The van der Waals surface area contributed by atoms with E-state index < -0.39 is 11.1 Å². The molecule has 1 aliphatic heterocycles. The Hall–Kier alpha value is -2.92. The number of rotatable bonds is 9. The first-order valence-corrected chi connectivity index (χ1v) is 10.1. The Morgan fingerprint density at radius 1 is 1.21 bits per heavy atom. The maximum Gasteiger partial charge on any atom is 0.294 e. The van der Waals surface area contributed by atoms with Gasteiger partial charge in [-0.1, -0.05) is 12.0 Å². The Morgan fingerprint density at radius 2 is 1.93 bits per heavy atom. The smallest absolute Gasteiger partial charge is 0.294 e. The second kappa shape index (κ2) is 10.6. The number of amides is 3. The van der Waals surface area contributed by atoms with Crippen LogP contribution in [-0.4, -0.2) is 59.7 Å². The minimum absolute atomic E-state index is 0.110. The van der Waals surface area contributed by atoms with Crippen molar-refractivity contribution in [1.29, 1.82) is 0 Å². The van der Waals surface area contributed by atoms with E-state index in [4.69, 9.17) is 15.9 Å². The van der Waals surface area contributed by atoms with Gasteiger partial charge in [-0.2, -0.15) is 0 Å². The molecule has 8 heteroatoms. The molecule has 7 nitrogen and oxygen atoms in total. The van der Waals surface area contributed by atoms with E-state index in [1.807, 2.05) is 20.8 Å². The highest BCUT2D eigenvalue weighted by Gasteiger charge is 2.36. The van der Waals surface area contributed by atoms with Crippen LogP contribution in [0.1, 0.15) is 26.3 Å². The van der Waals surface area contributed by atoms with Gasteiger partial charge in [0.05, 0.1) is 11.5 Å². The van der Waals surface area contributed by atoms with Crippen LogP contribution in [0.4, 0.5) is 4.79 Å². The maximum absolute atomic E-state index is 12.6. The molecule has 0 radical (unpaired) electrons. The molecule has 29 heavy (non-hydrogen) atoms. The number of hydrogen-bond acceptors (Lipinski definition) is 6. The molecule has 1 saturated heterocycles. The SMILES string of the molecule is C#CCOc1ccc(/C=C2\SC(=O)N(CC(=O)N(CC)CC)C2=O)cc1OCC. The van der Waals surface area contributed by atoms with Gasteiger partial charge in [0.2, 0.25) is 5.91 Å². The number of nitrogens with zero attached hydrogens (tertiary/aromatic N) is 2. The maximum atomic E-state index is 12.6. The van der Waals surface area contributed by atoms with Gasteiger partial charge < -0.3 is 14.4 Å². The van der Waals surface area contributed by atoms with Crippen molar-refractivity contribution in [1.82, 2.24) is 9.80 Å². The number of carbonyl (C=O) groups excluding carboxylic acids is 3. The number of imide groups is 1. The molecule has 0 N–H and O–H groups in total. The molecule has 1 aliphatic rings. The fourth-order valence-electron chi connectivity index (χ4n) is 2.72. The Kier molecular flexibility index (Phi) is 8.16. The summed E-state index contributed by atoms with van der Waals surface area (Å²) in [4.78, 5) is 40.0. The summed E-state index contributed by atoms with van der Waals surface area (Å²) in [7, 11) is 0. The Labute approximate surface area is 175 Å². The molecule has 2 rings (SSSR count). The molecule has 3 amide bonds. The summed E-state index contributed by atoms with van der Waals surface area (Å²) in [6, 6.07) is 5.15. The molecule has 1 aromatic rings. The topological polar surface area (TPSA) is 76.2 Å². The molecule has 1 fully saturated rings. The number of hydrogen-bond donors (Lipinski definition) is 0. The van der Waals surface area contributed by atoms with Crippen LogP contribution in [-0.2, 0) is 9.59 Å². The fraction of sp³-hybridized carbons (Fsp3) is 0.381. The zero-order valence-electron chi connectivity index (χ0n) is 16.8. The van der Waals surface area contributed by atoms with Crippen molar-refractivity contribution in [2.75, 3.05) is 32.8 Å². The third kappa shape index (κ3) is 5.55. The van der Waals surface area contributed by atoms with Crippen LogP contribution >= 0.6 is 11.8 Å². The highest BCUT2D eigenvalue weighted by Crippen LogP contribution is 2.34. The molecule has 0 atom stereocenters. The van der Waals surface area contributed by atoms with Crippen molar-refractivity contribution in [2.24, 2.45) is 0 Å². The van der Waals surface area contributed by atoms with Crippen LogP contribution in [0, 0.1) is 12.3 Å². The first-order valence-electron chi connectivity index (χ1n) is 9.31. The Balaban J connectivity index is 2.21. The zero-order valence-corrected chi connectivity index (χ0v) is 17.6. The molecule has 0 saturated carbocycles. The van der Waals surface area contributed by atoms with Gasteiger partial charge in [-0.25, -0.2) is 0 Å². The molecular weight excluding hydrogens is 392 g/mol. The molecule has 0 aliphatic carbocycles. The summed E-state index contributed by atoms with van der Waals surface area (Å²) in [5, 5.41) is -0.458. The lowest BCUT2D eigenvalue weighted by Gasteiger charge is -2.21. The number of likely N-dealkylation sites (N-methyl/N-ethyl adjacent to an activating group) is 1. The van der Waals surface area contributed by atoms with Gasteiger partial charge in [-0.15, -0.1) is 6.42 Å². The average Bonchev–Trinajstić information content (AvgIpc) is 2.96. The van der Waals surface area contributed by atoms with Crippen molar-refractivity contribution >= 4 is 34.9 Å². The largest absolute Gasteiger partial charge is 0.490 e. The minimum Gasteiger partial charge on any atom is -0.490 e. The summed E-state index contributed by atoms with van der Waals surface area (Å²) in [6.45, 7) is 6.87. The van der Waals surface area contributed by atoms with Gasteiger partial charge in [0.15, 0.2) is 11.5 Å². The normalized spacial score (nSPS) is 14.8. The quantitative estimate of drug-likeness (QED) is 0.455. The van der Waals surface area contributed by atoms with E-state index in [0.29, 0.717) is 36.8 Å². The minimum atomic E-state index is -0.480. The van der Waals surface area contributed by atoms with Crippen LogP contribution in [0.25, 0.3) is 6.08 Å². The van der Waals surface area contributed by atoms with E-state index >= 15 is 0 Å². The highest BCUT2D eigenvalue weighted by molar-refractivity contribution is 8.18. The number of carbonyl (C=O) groups is 3. The summed E-state index contributed by atoms with van der Waals surface area (Å²) in [6.07, 6.45) is 6.82. The molecule has 1 heterocycles. The van der Waals surface area contributed by atoms with E-state index in [0.717, 1.165) is 16.7 Å². The summed E-state index contributed by atoms with van der Waals surface area (Å²) < 4.78 is 11.0. The molecule has 0 aromatic heterocycles. The average molecular weight is 416 g/mol. The highest BCUT2D eigenvalue weighted by atomic mass is 32.2. The van der Waals surface area contributed by atoms with Crippen LogP contribution in [0.2, 0.25) is 0 Å². The molecule has 1 aromatic carbocycles. The Bertz CT molecular complexity index is 855. The predicted molar refractivity (Wildman–Crippen MR) is 113 cm³/mol. The zero-order chi connectivity index (χ0) is 21.4. The number of benzene rings is 1. The third-order valence-electron chi connectivity index (χ3n) is 4.16. The first kappa shape index (κ1) is 22.4. The second-order valence-electron chi connectivity index (χ2n) is 5.97. The molecule has 0 bridgehead atoms. The second-order valence-corrected chi connectivity index (χ2v) is 6.96. The lowest BCUT2D eigenvalue weighted by Crippen LogP contribution is -2.41. The van der Waals surface area contributed by atoms with Gasteiger partial charge in [-0.05, 0) is 56.3 Å². The lowest BCUT2D eigenvalue weighted by atomic mass is 10.2. The Morgan fingerprint density at radius 3 is 2.55 bits per heavy atom. The van der Waals surface area contributed by atoms with Crippen LogP contribution in [0.3, 0.4) is 0 Å². The lowest BCUT2D eigenvalue weighted by molar-refractivity contribution is -0.135. The fourth-order valence-corrected chi connectivity index (χ4v) is 3.56. The standard InChI is InChI=1S/C21H24N2O5S/c1-5-11-28-16-10-9-15(12-17(16)27-8-4)13-18-20(25)23(21(26)29-18)14-19(24)22(6-2)7-3/h1,9-10,12-13H,6-8,11,14H2,2-4H3/b18-13-. The summed E-state index contributed by atoms with van der Waals surface area (Å²) >= 11 is 0.812. The van der Waals surface area contributed by atoms with Crippen LogP contribution < -0.4 is 9.47 Å². The van der Waals surface area contributed by atoms with Crippen molar-refractivity contribution in [3.05, 3.63) is 28.7 Å². The molecular formula is C21H24N2O5S. The molecule has 0 unspecified atom stereocenters. The van der Waals surface area contributed by atoms with E-state index in [9.17, 15) is 14.4 Å². The number of terminal acetylenes is 1. The van der Waals surface area contributed by atoms with Gasteiger partial charge >= 0.3 is 0 Å². The summed E-state index contributed by atoms with van der Waals surface area (Å²) in [5.74, 6) is 2.65. The number of thioether (sulfide) groups is 1. The van der Waals surface area contributed by atoms with Crippen molar-refractivity contribution in [3.8, 4) is 23.8 Å². The monoisotopic (exact) mass is 416 g/mol. The van der Waals surface area contributed by atoms with E-state index in [2.05, 4.69) is 5.92 Å². The van der Waals surface area contributed by atoms with Crippen molar-refractivity contribution in [3.63, 3.8) is 0 Å². The van der Waals surface area contributed by atoms with Gasteiger partial charge in [0.1, 0.15) is 13.2 Å². The predicted octanol–water partition coefficient (Wildman–Crippen LogP) is 3.00. The van der Waals surface area contributed by atoms with E-state index in [1.54, 1.807) is 29.2 Å². The molecule has 154 valence electrons. The van der Waals surface area contributed by atoms with E-state index in [1.165, 1.54) is 0 Å². The van der Waals surface area contributed by atoms with Crippen molar-refractivity contribution < 1.29 is 23.9 Å². The van der Waals surface area contributed by atoms with Gasteiger partial charge in [0, 0.05) is 13.1 Å². The van der Waals surface area contributed by atoms with Crippen molar-refractivity contribution in [2.45, 2.75) is 20.8 Å². The third-order valence-corrected chi connectivity index (χ3v) is 5.07. The first-order chi connectivity index (χ1) is 13.9. The van der Waals surface area contributed by atoms with Crippen LogP contribution in [0.15, 0.2) is 23.1 Å².